The first kappa shape index (κ1) is 9.01. The summed E-state index contributed by atoms with van der Waals surface area (Å²) in [6.07, 6.45) is 4.95. The van der Waals surface area contributed by atoms with Gasteiger partial charge in [-0.1, -0.05) is 0 Å². The fraction of sp³-hybridized carbons (Fsp3) is 1.00. The summed E-state index contributed by atoms with van der Waals surface area (Å²) in [4.78, 5) is 0. The Morgan fingerprint density at radius 1 is 1.45 bits per heavy atom. The lowest BCUT2D eigenvalue weighted by Crippen LogP contribution is -2.20. The van der Waals surface area contributed by atoms with Gasteiger partial charge in [-0.05, 0) is 38.5 Å². The Morgan fingerprint density at radius 3 is 2.64 bits per heavy atom. The Balaban J connectivity index is 2.05. The van der Waals surface area contributed by atoms with Crippen molar-refractivity contribution in [3.05, 3.63) is 0 Å². The van der Waals surface area contributed by atoms with Gasteiger partial charge in [-0.3, -0.25) is 0 Å². The zero-order chi connectivity index (χ0) is 8.10. The molecule has 2 heteroatoms. The van der Waals surface area contributed by atoms with Crippen LogP contribution >= 0.6 is 0 Å². The van der Waals surface area contributed by atoms with Crippen LogP contribution in [0.25, 0.3) is 0 Å². The summed E-state index contributed by atoms with van der Waals surface area (Å²) in [5.41, 5.74) is 5.68. The van der Waals surface area contributed by atoms with Gasteiger partial charge in [0, 0.05) is 19.3 Å². The maximum atomic E-state index is 5.68. The van der Waals surface area contributed by atoms with Crippen molar-refractivity contribution < 1.29 is 4.74 Å². The van der Waals surface area contributed by atoms with Gasteiger partial charge in [0.15, 0.2) is 0 Å². The van der Waals surface area contributed by atoms with Gasteiger partial charge in [0.2, 0.25) is 0 Å². The molecule has 1 rings (SSSR count). The molecule has 0 aromatic heterocycles. The molecule has 1 atom stereocenters. The van der Waals surface area contributed by atoms with E-state index < -0.39 is 0 Å². The highest BCUT2D eigenvalue weighted by molar-refractivity contribution is 4.65. The average Bonchev–Trinajstić information content (AvgIpc) is 2.03. The van der Waals surface area contributed by atoms with Crippen LogP contribution in [0.2, 0.25) is 0 Å². The highest BCUT2D eigenvalue weighted by atomic mass is 16.5. The number of rotatable bonds is 3. The van der Waals surface area contributed by atoms with Crippen LogP contribution in [0.5, 0.6) is 0 Å². The largest absolute Gasteiger partial charge is 0.381 e. The average molecular weight is 157 g/mol. The van der Waals surface area contributed by atoms with Crippen LogP contribution in [0.15, 0.2) is 0 Å². The third-order valence-electron chi connectivity index (χ3n) is 2.37. The lowest BCUT2D eigenvalue weighted by atomic mass is 9.93. The van der Waals surface area contributed by atoms with Crippen LogP contribution in [0.1, 0.15) is 32.6 Å². The van der Waals surface area contributed by atoms with Crippen LogP contribution in [-0.4, -0.2) is 19.3 Å². The number of ether oxygens (including phenoxy) is 1. The molecule has 0 aliphatic carbocycles. The first-order chi connectivity index (χ1) is 5.29. The molecule has 0 saturated carbocycles. The molecule has 0 radical (unpaired) electrons. The molecule has 0 spiro atoms. The predicted molar refractivity (Wildman–Crippen MR) is 46.4 cm³/mol. The third-order valence-corrected chi connectivity index (χ3v) is 2.37. The van der Waals surface area contributed by atoms with Gasteiger partial charge in [-0.2, -0.15) is 0 Å². The molecule has 1 heterocycles. The molecular formula is C9H19NO. The van der Waals surface area contributed by atoms with Gasteiger partial charge in [0.25, 0.3) is 0 Å². The van der Waals surface area contributed by atoms with E-state index in [4.69, 9.17) is 10.5 Å². The molecule has 66 valence electrons. The van der Waals surface area contributed by atoms with Crippen molar-refractivity contribution in [2.75, 3.05) is 13.2 Å². The van der Waals surface area contributed by atoms with Crippen molar-refractivity contribution in [1.29, 1.82) is 0 Å². The van der Waals surface area contributed by atoms with E-state index in [1.165, 1.54) is 25.7 Å². The van der Waals surface area contributed by atoms with Crippen molar-refractivity contribution in [2.45, 2.75) is 38.6 Å². The first-order valence-electron chi connectivity index (χ1n) is 4.62. The lowest BCUT2D eigenvalue weighted by Gasteiger charge is -2.22. The molecule has 1 fully saturated rings. The van der Waals surface area contributed by atoms with E-state index in [1.807, 2.05) is 0 Å². The zero-order valence-corrected chi connectivity index (χ0v) is 7.38. The summed E-state index contributed by atoms with van der Waals surface area (Å²) in [6, 6.07) is 0.373. The molecule has 2 N–H and O–H groups in total. The quantitative estimate of drug-likeness (QED) is 0.674. The second-order valence-electron chi connectivity index (χ2n) is 3.61. The Kier molecular flexibility index (Phi) is 3.87. The number of hydrogen-bond donors (Lipinski definition) is 1. The summed E-state index contributed by atoms with van der Waals surface area (Å²) < 4.78 is 5.28. The van der Waals surface area contributed by atoms with E-state index in [0.29, 0.717) is 6.04 Å². The summed E-state index contributed by atoms with van der Waals surface area (Å²) in [7, 11) is 0. The highest BCUT2D eigenvalue weighted by Crippen LogP contribution is 2.20. The predicted octanol–water partition coefficient (Wildman–Crippen LogP) is 1.54. The Bertz CT molecular complexity index is 97.7. The van der Waals surface area contributed by atoms with Crippen LogP contribution in [0.4, 0.5) is 0 Å². The molecule has 0 unspecified atom stereocenters. The monoisotopic (exact) mass is 157 g/mol. The lowest BCUT2D eigenvalue weighted by molar-refractivity contribution is 0.0629. The smallest absolute Gasteiger partial charge is 0.0468 e. The molecule has 1 aliphatic heterocycles. The minimum atomic E-state index is 0.373. The van der Waals surface area contributed by atoms with E-state index in [1.54, 1.807) is 0 Å². The normalized spacial score (nSPS) is 23.5. The standard InChI is InChI=1S/C9H19NO/c1-8(10)2-3-9-4-6-11-7-5-9/h8-9H,2-7,10H2,1H3/t8-/m0/s1. The van der Waals surface area contributed by atoms with E-state index in [2.05, 4.69) is 6.92 Å². The molecular weight excluding hydrogens is 138 g/mol. The summed E-state index contributed by atoms with van der Waals surface area (Å²) in [5.74, 6) is 0.884. The SMILES string of the molecule is C[C@H](N)CCC1CCOCC1. The molecule has 11 heavy (non-hydrogen) atoms. The maximum Gasteiger partial charge on any atom is 0.0468 e. The molecule has 2 nitrogen and oxygen atoms in total. The summed E-state index contributed by atoms with van der Waals surface area (Å²) >= 11 is 0. The van der Waals surface area contributed by atoms with E-state index in [0.717, 1.165) is 19.1 Å². The van der Waals surface area contributed by atoms with Gasteiger partial charge >= 0.3 is 0 Å². The Labute approximate surface area is 69.1 Å². The minimum Gasteiger partial charge on any atom is -0.381 e. The van der Waals surface area contributed by atoms with Crippen LogP contribution < -0.4 is 5.73 Å². The first-order valence-corrected chi connectivity index (χ1v) is 4.62. The van der Waals surface area contributed by atoms with Crippen LogP contribution in [-0.2, 0) is 4.74 Å². The second-order valence-corrected chi connectivity index (χ2v) is 3.61. The Hall–Kier alpha value is -0.0800. The molecule has 0 bridgehead atoms. The fourth-order valence-corrected chi connectivity index (χ4v) is 1.53. The molecule has 0 aromatic carbocycles. The van der Waals surface area contributed by atoms with Gasteiger partial charge < -0.3 is 10.5 Å². The number of nitrogens with two attached hydrogens (primary N) is 1. The van der Waals surface area contributed by atoms with Crippen molar-refractivity contribution >= 4 is 0 Å². The molecule has 1 saturated heterocycles. The second kappa shape index (κ2) is 4.73. The van der Waals surface area contributed by atoms with Gasteiger partial charge in [-0.25, -0.2) is 0 Å². The van der Waals surface area contributed by atoms with Gasteiger partial charge in [-0.15, -0.1) is 0 Å². The summed E-state index contributed by atoms with van der Waals surface area (Å²) in [6.45, 7) is 4.01. The topological polar surface area (TPSA) is 35.2 Å². The molecule has 1 aliphatic rings. The van der Waals surface area contributed by atoms with Crippen molar-refractivity contribution in [3.63, 3.8) is 0 Å². The Morgan fingerprint density at radius 2 is 2.09 bits per heavy atom. The van der Waals surface area contributed by atoms with Gasteiger partial charge in [0.05, 0.1) is 0 Å². The number of hydrogen-bond acceptors (Lipinski definition) is 2. The molecule has 0 aromatic rings. The maximum absolute atomic E-state index is 5.68. The fourth-order valence-electron chi connectivity index (χ4n) is 1.53. The van der Waals surface area contributed by atoms with Crippen molar-refractivity contribution in [1.82, 2.24) is 0 Å². The highest BCUT2D eigenvalue weighted by Gasteiger charge is 2.13. The van der Waals surface area contributed by atoms with E-state index in [-0.39, 0.29) is 0 Å². The summed E-state index contributed by atoms with van der Waals surface area (Å²) in [5, 5.41) is 0. The van der Waals surface area contributed by atoms with Crippen LogP contribution in [0.3, 0.4) is 0 Å². The zero-order valence-electron chi connectivity index (χ0n) is 7.38. The minimum absolute atomic E-state index is 0.373. The molecule has 0 amide bonds. The van der Waals surface area contributed by atoms with Crippen molar-refractivity contribution in [3.8, 4) is 0 Å². The van der Waals surface area contributed by atoms with Gasteiger partial charge in [0.1, 0.15) is 0 Å². The van der Waals surface area contributed by atoms with E-state index >= 15 is 0 Å². The van der Waals surface area contributed by atoms with E-state index in [9.17, 15) is 0 Å². The van der Waals surface area contributed by atoms with Crippen molar-refractivity contribution in [2.24, 2.45) is 11.7 Å². The van der Waals surface area contributed by atoms with Crippen LogP contribution in [0, 0.1) is 5.92 Å². The third kappa shape index (κ3) is 3.73.